The van der Waals surface area contributed by atoms with E-state index in [1.165, 1.54) is 24.1 Å². The molecule has 0 saturated heterocycles. The lowest BCUT2D eigenvalue weighted by molar-refractivity contribution is -0.131. The number of nitrogens with zero attached hydrogens (tertiary/aromatic N) is 2. The molecule has 38 heavy (non-hydrogen) atoms. The lowest BCUT2D eigenvalue weighted by Crippen LogP contribution is -2.53. The normalized spacial score (nSPS) is 22.7. The van der Waals surface area contributed by atoms with Crippen molar-refractivity contribution in [2.24, 2.45) is 10.7 Å². The molecule has 2 aliphatic rings. The number of para-hydroxylation sites is 1. The zero-order valence-electron chi connectivity index (χ0n) is 22.3. The number of ether oxygens (including phenoxy) is 2. The van der Waals surface area contributed by atoms with E-state index in [4.69, 9.17) is 15.2 Å². The second kappa shape index (κ2) is 10.3. The maximum Gasteiger partial charge on any atom is 0.251 e. The fraction of sp³-hybridized carbons (Fsp3) is 0.464. The van der Waals surface area contributed by atoms with E-state index in [0.717, 1.165) is 6.07 Å². The van der Waals surface area contributed by atoms with E-state index in [1.807, 2.05) is 19.9 Å². The molecule has 0 radical (unpaired) electrons. The van der Waals surface area contributed by atoms with Gasteiger partial charge in [-0.1, -0.05) is 18.2 Å². The van der Waals surface area contributed by atoms with Gasteiger partial charge in [0.05, 0.1) is 24.0 Å². The minimum absolute atomic E-state index is 0.0341. The zero-order valence-corrected chi connectivity index (χ0v) is 22.3. The first-order chi connectivity index (χ1) is 17.8. The first kappa shape index (κ1) is 27.5. The van der Waals surface area contributed by atoms with Gasteiger partial charge in [0.25, 0.3) is 5.91 Å². The Hall–Kier alpha value is -3.50. The molecular formula is C28H35FN4O5. The van der Waals surface area contributed by atoms with Crippen LogP contribution in [-0.4, -0.2) is 58.7 Å². The van der Waals surface area contributed by atoms with E-state index in [1.54, 1.807) is 32.0 Å². The van der Waals surface area contributed by atoms with Crippen molar-refractivity contribution < 1.29 is 28.6 Å². The predicted octanol–water partition coefficient (Wildman–Crippen LogP) is 3.23. The summed E-state index contributed by atoms with van der Waals surface area (Å²) in [5.41, 5.74) is 5.62. The molecule has 4 N–H and O–H groups in total. The lowest BCUT2D eigenvalue weighted by atomic mass is 9.86. The van der Waals surface area contributed by atoms with Crippen molar-refractivity contribution in [3.05, 3.63) is 65.0 Å². The van der Waals surface area contributed by atoms with Gasteiger partial charge in [0.2, 0.25) is 5.91 Å². The topological polar surface area (TPSA) is 126 Å². The van der Waals surface area contributed by atoms with Gasteiger partial charge in [-0.15, -0.1) is 0 Å². The van der Waals surface area contributed by atoms with E-state index < -0.39 is 41.1 Å². The van der Waals surface area contributed by atoms with E-state index in [-0.39, 0.29) is 30.5 Å². The molecule has 204 valence electrons. The molecule has 1 unspecified atom stereocenters. The quantitative estimate of drug-likeness (QED) is 0.509. The summed E-state index contributed by atoms with van der Waals surface area (Å²) in [6.07, 6.45) is -0.616. The first-order valence-corrected chi connectivity index (χ1v) is 12.6. The number of amides is 2. The van der Waals surface area contributed by atoms with Crippen LogP contribution in [0.25, 0.3) is 0 Å². The molecule has 0 bridgehead atoms. The molecule has 3 atom stereocenters. The van der Waals surface area contributed by atoms with Gasteiger partial charge in [-0.25, -0.2) is 9.38 Å². The van der Waals surface area contributed by atoms with Crippen molar-refractivity contribution in [1.29, 1.82) is 0 Å². The number of aliphatic imine (C=N–C) groups is 1. The van der Waals surface area contributed by atoms with Crippen LogP contribution >= 0.6 is 0 Å². The summed E-state index contributed by atoms with van der Waals surface area (Å²) in [7, 11) is 1.53. The van der Waals surface area contributed by atoms with E-state index >= 15 is 0 Å². The minimum Gasteiger partial charge on any atom is -0.485 e. The van der Waals surface area contributed by atoms with Gasteiger partial charge in [0.1, 0.15) is 23.3 Å². The fourth-order valence-electron chi connectivity index (χ4n) is 5.06. The van der Waals surface area contributed by atoms with Crippen LogP contribution in [0.3, 0.4) is 0 Å². The number of nitrogens with two attached hydrogens (primary N) is 1. The molecule has 2 aromatic carbocycles. The number of benzene rings is 2. The van der Waals surface area contributed by atoms with Crippen molar-refractivity contribution in [3.63, 3.8) is 0 Å². The number of carbonyl (C=O) groups is 2. The van der Waals surface area contributed by atoms with Gasteiger partial charge in [0, 0.05) is 24.8 Å². The van der Waals surface area contributed by atoms with Crippen LogP contribution in [-0.2, 0) is 9.53 Å². The van der Waals surface area contributed by atoms with Crippen LogP contribution in [0.2, 0.25) is 0 Å². The number of methoxy groups -OCH3 is 1. The van der Waals surface area contributed by atoms with Gasteiger partial charge in [-0.05, 0) is 63.9 Å². The zero-order chi connectivity index (χ0) is 27.8. The number of rotatable bonds is 7. The summed E-state index contributed by atoms with van der Waals surface area (Å²) in [6, 6.07) is 9.57. The van der Waals surface area contributed by atoms with E-state index in [0.29, 0.717) is 23.3 Å². The Morgan fingerprint density at radius 3 is 2.68 bits per heavy atom. The van der Waals surface area contributed by atoms with Gasteiger partial charge in [0.15, 0.2) is 5.96 Å². The third kappa shape index (κ3) is 5.51. The number of hydrogen-bond donors (Lipinski definition) is 3. The van der Waals surface area contributed by atoms with Crippen molar-refractivity contribution in [2.45, 2.75) is 69.9 Å². The van der Waals surface area contributed by atoms with Crippen molar-refractivity contribution in [3.8, 4) is 5.75 Å². The maximum atomic E-state index is 14.9. The van der Waals surface area contributed by atoms with Crippen molar-refractivity contribution in [1.82, 2.24) is 10.2 Å². The van der Waals surface area contributed by atoms with Gasteiger partial charge in [-0.3, -0.25) is 14.5 Å². The summed E-state index contributed by atoms with van der Waals surface area (Å²) in [6.45, 7) is 7.36. The highest BCUT2D eigenvalue weighted by Gasteiger charge is 2.43. The number of nitrogens with one attached hydrogen (secondary N) is 1. The van der Waals surface area contributed by atoms with Crippen LogP contribution in [0.5, 0.6) is 5.75 Å². The number of carbonyl (C=O) groups excluding carboxylic acids is 2. The summed E-state index contributed by atoms with van der Waals surface area (Å²) >= 11 is 0. The standard InChI is InChI=1S/C28H35FN4O5/c1-27(2)15-22(34)33(26(30)32-27)20(10-11-37-5)16-12-17(14-18(29)13-16)25(36)31-23-19-8-6-7-9-21(19)38-28(3,4)24(23)35/h6-9,12-14,20,23-24,35H,10-11,15H2,1-5H3,(H2,30,32)(H,31,36)/t20?,23-,24+/m1/s1. The molecule has 0 saturated carbocycles. The Balaban J connectivity index is 1.68. The molecule has 0 aromatic heterocycles. The Kier molecular flexibility index (Phi) is 7.49. The molecule has 2 heterocycles. The average Bonchev–Trinajstić information content (AvgIpc) is 2.82. The lowest BCUT2D eigenvalue weighted by Gasteiger charge is -2.42. The van der Waals surface area contributed by atoms with E-state index in [9.17, 15) is 19.1 Å². The number of halogens is 1. The molecule has 0 spiro atoms. The van der Waals surface area contributed by atoms with Crippen LogP contribution < -0.4 is 15.8 Å². The number of aliphatic hydroxyl groups excluding tert-OH is 1. The molecule has 2 aliphatic heterocycles. The minimum atomic E-state index is -1.06. The Morgan fingerprint density at radius 1 is 1.29 bits per heavy atom. The number of guanidine groups is 1. The SMILES string of the molecule is COCCC(c1cc(F)cc(C(=O)N[C@@H]2c3ccccc3OC(C)(C)[C@H]2O)c1)N1C(=O)CC(C)(C)N=C1N. The second-order valence-corrected chi connectivity index (χ2v) is 10.9. The molecule has 2 amide bonds. The van der Waals surface area contributed by atoms with E-state index in [2.05, 4.69) is 10.3 Å². The highest BCUT2D eigenvalue weighted by Crippen LogP contribution is 2.40. The summed E-state index contributed by atoms with van der Waals surface area (Å²) in [5, 5.41) is 13.9. The Labute approximate surface area is 221 Å². The smallest absolute Gasteiger partial charge is 0.251 e. The summed E-state index contributed by atoms with van der Waals surface area (Å²) in [4.78, 5) is 32.3. The number of hydrogen-bond acceptors (Lipinski definition) is 7. The van der Waals surface area contributed by atoms with Gasteiger partial charge >= 0.3 is 0 Å². The second-order valence-electron chi connectivity index (χ2n) is 10.9. The Bertz CT molecular complexity index is 1260. The molecular weight excluding hydrogens is 491 g/mol. The van der Waals surface area contributed by atoms with Crippen LogP contribution in [0, 0.1) is 5.82 Å². The van der Waals surface area contributed by atoms with Crippen LogP contribution in [0.1, 0.15) is 74.1 Å². The number of fused-ring (bicyclic) bond motifs is 1. The molecule has 2 aromatic rings. The predicted molar refractivity (Wildman–Crippen MR) is 140 cm³/mol. The van der Waals surface area contributed by atoms with Crippen molar-refractivity contribution in [2.75, 3.05) is 13.7 Å². The molecule has 4 rings (SSSR count). The van der Waals surface area contributed by atoms with Gasteiger partial charge < -0.3 is 25.6 Å². The molecule has 9 nitrogen and oxygen atoms in total. The molecule has 10 heteroatoms. The third-order valence-electron chi connectivity index (χ3n) is 6.93. The fourth-order valence-corrected chi connectivity index (χ4v) is 5.06. The number of aliphatic hydroxyl groups is 1. The van der Waals surface area contributed by atoms with Crippen LogP contribution in [0.15, 0.2) is 47.5 Å². The highest BCUT2D eigenvalue weighted by atomic mass is 19.1. The Morgan fingerprint density at radius 2 is 2.00 bits per heavy atom. The average molecular weight is 527 g/mol. The monoisotopic (exact) mass is 526 g/mol. The largest absolute Gasteiger partial charge is 0.485 e. The molecule has 0 fully saturated rings. The third-order valence-corrected chi connectivity index (χ3v) is 6.93. The highest BCUT2D eigenvalue weighted by molar-refractivity contribution is 5.99. The van der Waals surface area contributed by atoms with Crippen molar-refractivity contribution >= 4 is 17.8 Å². The first-order valence-electron chi connectivity index (χ1n) is 12.6. The van der Waals surface area contributed by atoms with Crippen LogP contribution in [0.4, 0.5) is 4.39 Å². The maximum absolute atomic E-state index is 14.9. The summed E-state index contributed by atoms with van der Waals surface area (Å²) < 4.78 is 26.1. The summed E-state index contributed by atoms with van der Waals surface area (Å²) in [5.74, 6) is -0.895. The molecule has 0 aliphatic carbocycles. The van der Waals surface area contributed by atoms with Gasteiger partial charge in [-0.2, -0.15) is 0 Å².